The van der Waals surface area contributed by atoms with Gasteiger partial charge in [0.05, 0.1) is 12.6 Å². The highest BCUT2D eigenvalue weighted by Gasteiger charge is 2.30. The van der Waals surface area contributed by atoms with Crippen LogP contribution in [-0.2, 0) is 6.54 Å². The summed E-state index contributed by atoms with van der Waals surface area (Å²) in [7, 11) is 0. The Labute approximate surface area is 138 Å². The molecule has 1 N–H and O–H groups in total. The fourth-order valence-corrected chi connectivity index (χ4v) is 4.01. The first-order chi connectivity index (χ1) is 11.3. The predicted molar refractivity (Wildman–Crippen MR) is 86.4 cm³/mol. The molecular weight excluding hydrogens is 314 g/mol. The van der Waals surface area contributed by atoms with Gasteiger partial charge in [-0.1, -0.05) is 5.10 Å². The van der Waals surface area contributed by atoms with Crippen LogP contribution in [0.15, 0.2) is 16.8 Å². The van der Waals surface area contributed by atoms with Gasteiger partial charge in [-0.2, -0.15) is 11.3 Å². The number of carbonyl (C=O) groups excluding carboxylic acids is 1. The lowest BCUT2D eigenvalue weighted by atomic mass is 10.1. The molecule has 0 saturated carbocycles. The van der Waals surface area contributed by atoms with Gasteiger partial charge in [0.1, 0.15) is 0 Å². The smallest absolute Gasteiger partial charge is 0.317 e. The largest absolute Gasteiger partial charge is 0.336 e. The summed E-state index contributed by atoms with van der Waals surface area (Å²) in [6.07, 6.45) is 2.26. The number of hydrogen-bond acceptors (Lipinski definition) is 6. The average molecular weight is 333 g/mol. The Hall–Kier alpha value is -2.16. The molecular formula is C14H19N7OS. The minimum atomic E-state index is -0.00283. The van der Waals surface area contributed by atoms with Gasteiger partial charge >= 0.3 is 6.03 Å². The normalized spacial score (nSPS) is 21.2. The summed E-state index contributed by atoms with van der Waals surface area (Å²) in [5.41, 5.74) is 1.33. The number of carbonyl (C=O) groups is 1. The molecule has 2 saturated heterocycles. The highest BCUT2D eigenvalue weighted by Crippen LogP contribution is 2.35. The van der Waals surface area contributed by atoms with Crippen LogP contribution in [0, 0.1) is 0 Å². The number of amides is 2. The van der Waals surface area contributed by atoms with Crippen molar-refractivity contribution in [2.75, 3.05) is 31.1 Å². The standard InChI is InChI=1S/C14H19N7OS/c22-14-15-4-6-19(14)7-8-21-13(16-17-18-21)20-5-1-2-12(20)11-3-9-23-10-11/h3,9-10,12H,1-2,4-8H2,(H,15,22). The minimum absolute atomic E-state index is 0.00283. The van der Waals surface area contributed by atoms with Crippen LogP contribution in [-0.4, -0.2) is 57.3 Å². The SMILES string of the molecule is O=C1NCCN1CCn1nnnc1N1CCCC1c1ccsc1. The number of urea groups is 1. The third kappa shape index (κ3) is 2.76. The van der Waals surface area contributed by atoms with E-state index in [1.165, 1.54) is 5.56 Å². The number of tetrazole rings is 1. The monoisotopic (exact) mass is 333 g/mol. The zero-order valence-electron chi connectivity index (χ0n) is 12.8. The third-order valence-electron chi connectivity index (χ3n) is 4.48. The molecule has 23 heavy (non-hydrogen) atoms. The highest BCUT2D eigenvalue weighted by molar-refractivity contribution is 7.08. The number of nitrogens with one attached hydrogen (secondary N) is 1. The molecule has 2 aromatic heterocycles. The van der Waals surface area contributed by atoms with E-state index in [0.29, 0.717) is 25.7 Å². The summed E-state index contributed by atoms with van der Waals surface area (Å²) in [5.74, 6) is 0.804. The van der Waals surface area contributed by atoms with Crippen LogP contribution in [0.25, 0.3) is 0 Å². The molecule has 2 aromatic rings. The maximum atomic E-state index is 11.6. The third-order valence-corrected chi connectivity index (χ3v) is 5.18. The molecule has 0 aromatic carbocycles. The molecule has 0 radical (unpaired) electrons. The Morgan fingerprint density at radius 1 is 1.35 bits per heavy atom. The summed E-state index contributed by atoms with van der Waals surface area (Å²) in [4.78, 5) is 15.7. The summed E-state index contributed by atoms with van der Waals surface area (Å²) in [6.45, 7) is 3.67. The molecule has 0 bridgehead atoms. The van der Waals surface area contributed by atoms with Crippen LogP contribution in [0.1, 0.15) is 24.4 Å². The van der Waals surface area contributed by atoms with E-state index < -0.39 is 0 Å². The van der Waals surface area contributed by atoms with Crippen molar-refractivity contribution in [3.8, 4) is 0 Å². The van der Waals surface area contributed by atoms with E-state index >= 15 is 0 Å². The van der Waals surface area contributed by atoms with Crippen LogP contribution < -0.4 is 10.2 Å². The molecule has 122 valence electrons. The molecule has 1 unspecified atom stereocenters. The number of nitrogens with zero attached hydrogens (tertiary/aromatic N) is 6. The van der Waals surface area contributed by atoms with Gasteiger partial charge in [-0.3, -0.25) is 0 Å². The second-order valence-electron chi connectivity index (χ2n) is 5.83. The quantitative estimate of drug-likeness (QED) is 0.886. The molecule has 2 aliphatic heterocycles. The van der Waals surface area contributed by atoms with Crippen molar-refractivity contribution in [1.29, 1.82) is 0 Å². The summed E-state index contributed by atoms with van der Waals surface area (Å²) in [5, 5.41) is 19.3. The Kier molecular flexibility index (Phi) is 3.86. The number of aromatic nitrogens is 4. The number of rotatable bonds is 5. The number of hydrogen-bond donors (Lipinski definition) is 1. The van der Waals surface area contributed by atoms with E-state index in [9.17, 15) is 4.79 Å². The maximum Gasteiger partial charge on any atom is 0.317 e. The van der Waals surface area contributed by atoms with Gasteiger partial charge in [-0.25, -0.2) is 9.48 Å². The number of anilines is 1. The maximum absolute atomic E-state index is 11.6. The first-order valence-corrected chi connectivity index (χ1v) is 8.85. The van der Waals surface area contributed by atoms with Gasteiger partial charge < -0.3 is 15.1 Å². The van der Waals surface area contributed by atoms with E-state index in [-0.39, 0.29) is 6.03 Å². The van der Waals surface area contributed by atoms with Crippen LogP contribution in [0.4, 0.5) is 10.7 Å². The summed E-state index contributed by atoms with van der Waals surface area (Å²) in [6, 6.07) is 2.52. The van der Waals surface area contributed by atoms with Crippen molar-refractivity contribution in [1.82, 2.24) is 30.4 Å². The van der Waals surface area contributed by atoms with Crippen molar-refractivity contribution in [3.05, 3.63) is 22.4 Å². The average Bonchev–Trinajstić information content (AvgIpc) is 3.32. The van der Waals surface area contributed by atoms with Gasteiger partial charge in [0, 0.05) is 26.2 Å². The lowest BCUT2D eigenvalue weighted by Crippen LogP contribution is -2.32. The molecule has 2 fully saturated rings. The van der Waals surface area contributed by atoms with Gasteiger partial charge in [0.15, 0.2) is 0 Å². The van der Waals surface area contributed by atoms with Crippen molar-refractivity contribution in [2.45, 2.75) is 25.4 Å². The number of thiophene rings is 1. The molecule has 2 amide bonds. The molecule has 0 spiro atoms. The van der Waals surface area contributed by atoms with E-state index in [1.54, 1.807) is 16.2 Å². The van der Waals surface area contributed by atoms with Gasteiger partial charge in [0.2, 0.25) is 5.95 Å². The molecule has 1 atom stereocenters. The topological polar surface area (TPSA) is 79.2 Å². The zero-order valence-corrected chi connectivity index (χ0v) is 13.6. The van der Waals surface area contributed by atoms with E-state index in [1.807, 2.05) is 4.68 Å². The summed E-state index contributed by atoms with van der Waals surface area (Å²) >= 11 is 1.72. The first-order valence-electron chi connectivity index (χ1n) is 7.90. The first kappa shape index (κ1) is 14.4. The van der Waals surface area contributed by atoms with Gasteiger partial charge in [0.25, 0.3) is 0 Å². The molecule has 8 nitrogen and oxygen atoms in total. The Bertz CT molecular complexity index is 670. The molecule has 2 aliphatic rings. The van der Waals surface area contributed by atoms with E-state index in [2.05, 4.69) is 42.6 Å². The Morgan fingerprint density at radius 3 is 3.09 bits per heavy atom. The van der Waals surface area contributed by atoms with Gasteiger partial charge in [-0.15, -0.1) is 0 Å². The lowest BCUT2D eigenvalue weighted by molar-refractivity contribution is 0.215. The Balaban J connectivity index is 1.49. The predicted octanol–water partition coefficient (Wildman–Crippen LogP) is 1.10. The van der Waals surface area contributed by atoms with E-state index in [0.717, 1.165) is 31.9 Å². The van der Waals surface area contributed by atoms with Crippen molar-refractivity contribution < 1.29 is 4.79 Å². The molecule has 9 heteroatoms. The zero-order chi connectivity index (χ0) is 15.6. The second kappa shape index (κ2) is 6.15. The molecule has 0 aliphatic carbocycles. The van der Waals surface area contributed by atoms with E-state index in [4.69, 9.17) is 0 Å². The second-order valence-corrected chi connectivity index (χ2v) is 6.61. The van der Waals surface area contributed by atoms with Crippen LogP contribution in [0.2, 0.25) is 0 Å². The molecule has 4 heterocycles. The van der Waals surface area contributed by atoms with Crippen molar-refractivity contribution in [3.63, 3.8) is 0 Å². The van der Waals surface area contributed by atoms with Crippen LogP contribution in [0.5, 0.6) is 0 Å². The van der Waals surface area contributed by atoms with Crippen molar-refractivity contribution >= 4 is 23.3 Å². The minimum Gasteiger partial charge on any atom is -0.336 e. The summed E-state index contributed by atoms with van der Waals surface area (Å²) < 4.78 is 1.82. The Morgan fingerprint density at radius 2 is 2.30 bits per heavy atom. The fraction of sp³-hybridized carbons (Fsp3) is 0.571. The molecule has 4 rings (SSSR count). The highest BCUT2D eigenvalue weighted by atomic mass is 32.1. The fourth-order valence-electron chi connectivity index (χ4n) is 3.31. The van der Waals surface area contributed by atoms with Crippen LogP contribution in [0.3, 0.4) is 0 Å². The van der Waals surface area contributed by atoms with Crippen LogP contribution >= 0.6 is 11.3 Å². The van der Waals surface area contributed by atoms with Gasteiger partial charge in [-0.05, 0) is 45.7 Å². The van der Waals surface area contributed by atoms with Crippen molar-refractivity contribution in [2.24, 2.45) is 0 Å². The lowest BCUT2D eigenvalue weighted by Gasteiger charge is -2.25.